The maximum Gasteiger partial charge on any atom is 0.417 e. The molecule has 0 aliphatic rings. The first-order valence-electron chi connectivity index (χ1n) is 8.13. The molecule has 3 heterocycles. The Labute approximate surface area is 171 Å². The van der Waals surface area contributed by atoms with Crippen LogP contribution in [0.4, 0.5) is 29.3 Å². The molecule has 0 radical (unpaired) electrons. The van der Waals surface area contributed by atoms with Crippen LogP contribution >= 0.6 is 22.9 Å². The van der Waals surface area contributed by atoms with Crippen LogP contribution in [0.3, 0.4) is 0 Å². The first kappa shape index (κ1) is 19.2. The topological polar surface area (TPSA) is 71.3 Å². The molecule has 11 heteroatoms. The Balaban J connectivity index is 1.50. The van der Waals surface area contributed by atoms with Gasteiger partial charge in [-0.2, -0.15) is 24.5 Å². The Kier molecular flexibility index (Phi) is 4.89. The summed E-state index contributed by atoms with van der Waals surface area (Å²) in [5.41, 5.74) is 0.795. The number of carbonyl (C=O) groups excluding carboxylic acids is 1. The van der Waals surface area contributed by atoms with Gasteiger partial charge >= 0.3 is 12.2 Å². The Bertz CT molecular complexity index is 1190. The fourth-order valence-electron chi connectivity index (χ4n) is 2.58. The van der Waals surface area contributed by atoms with Crippen molar-refractivity contribution in [3.8, 4) is 11.4 Å². The number of hydrogen-bond donors (Lipinski definition) is 2. The highest BCUT2D eigenvalue weighted by Gasteiger charge is 2.33. The fraction of sp³-hybridized carbons (Fsp3) is 0.0556. The van der Waals surface area contributed by atoms with E-state index in [2.05, 4.69) is 20.7 Å². The molecule has 0 bridgehead atoms. The van der Waals surface area contributed by atoms with E-state index in [1.165, 1.54) is 21.9 Å². The average Bonchev–Trinajstić information content (AvgIpc) is 3.31. The van der Waals surface area contributed by atoms with Gasteiger partial charge in [0.2, 0.25) is 0 Å². The molecule has 1 aromatic carbocycles. The molecule has 0 aliphatic heterocycles. The van der Waals surface area contributed by atoms with E-state index in [9.17, 15) is 18.0 Å². The summed E-state index contributed by atoms with van der Waals surface area (Å²) in [5.74, 6) is 0.550. The second-order valence-electron chi connectivity index (χ2n) is 5.94. The molecule has 2 N–H and O–H groups in total. The number of pyridine rings is 1. The lowest BCUT2D eigenvalue weighted by Crippen LogP contribution is -2.20. The van der Waals surface area contributed by atoms with Crippen LogP contribution in [0.25, 0.3) is 17.0 Å². The van der Waals surface area contributed by atoms with E-state index in [1.807, 2.05) is 16.8 Å². The number of thiophene rings is 1. The third kappa shape index (κ3) is 4.17. The number of hydrogen-bond acceptors (Lipinski definition) is 4. The van der Waals surface area contributed by atoms with E-state index in [4.69, 9.17) is 11.6 Å². The van der Waals surface area contributed by atoms with Crippen LogP contribution in [-0.4, -0.2) is 20.6 Å². The van der Waals surface area contributed by atoms with Crippen molar-refractivity contribution < 1.29 is 18.0 Å². The fourth-order valence-corrected chi connectivity index (χ4v) is 3.44. The minimum atomic E-state index is -4.62. The zero-order chi connectivity index (χ0) is 20.6. The highest BCUT2D eigenvalue weighted by atomic mass is 35.5. The molecule has 4 aromatic rings. The summed E-state index contributed by atoms with van der Waals surface area (Å²) < 4.78 is 40.3. The van der Waals surface area contributed by atoms with Crippen LogP contribution in [0.15, 0.2) is 53.4 Å². The zero-order valence-corrected chi connectivity index (χ0v) is 15.9. The van der Waals surface area contributed by atoms with Gasteiger partial charge in [-0.15, -0.1) is 5.10 Å². The second-order valence-corrected chi connectivity index (χ2v) is 7.13. The van der Waals surface area contributed by atoms with Crippen molar-refractivity contribution in [1.29, 1.82) is 0 Å². The molecular weight excluding hydrogens is 427 g/mol. The highest BCUT2D eigenvalue weighted by Crippen LogP contribution is 2.36. The molecule has 0 aliphatic carbocycles. The molecule has 4 rings (SSSR count). The molecule has 0 saturated heterocycles. The van der Waals surface area contributed by atoms with Gasteiger partial charge in [0.15, 0.2) is 11.5 Å². The van der Waals surface area contributed by atoms with Crippen molar-refractivity contribution in [2.24, 2.45) is 0 Å². The highest BCUT2D eigenvalue weighted by molar-refractivity contribution is 7.08. The minimum absolute atomic E-state index is 0.0409. The van der Waals surface area contributed by atoms with Crippen LogP contribution < -0.4 is 10.6 Å². The average molecular weight is 438 g/mol. The van der Waals surface area contributed by atoms with E-state index in [-0.39, 0.29) is 5.69 Å². The molecular formula is C18H11ClF3N5OS. The van der Waals surface area contributed by atoms with E-state index >= 15 is 0 Å². The Hall–Kier alpha value is -3.11. The molecule has 0 fully saturated rings. The zero-order valence-electron chi connectivity index (χ0n) is 14.4. The lowest BCUT2D eigenvalue weighted by molar-refractivity contribution is -0.137. The smallest absolute Gasteiger partial charge is 0.308 e. The van der Waals surface area contributed by atoms with Crippen LogP contribution in [0.1, 0.15) is 5.56 Å². The van der Waals surface area contributed by atoms with Crippen LogP contribution in [0, 0.1) is 0 Å². The molecule has 0 saturated carbocycles. The quantitative estimate of drug-likeness (QED) is 0.427. The lowest BCUT2D eigenvalue weighted by atomic mass is 10.2. The summed E-state index contributed by atoms with van der Waals surface area (Å²) >= 11 is 7.11. The lowest BCUT2D eigenvalue weighted by Gasteiger charge is -2.12. The second kappa shape index (κ2) is 7.37. The molecule has 2 amide bonds. The number of rotatable bonds is 3. The normalized spacial score (nSPS) is 11.6. The van der Waals surface area contributed by atoms with Gasteiger partial charge in [-0.25, -0.2) is 14.3 Å². The molecule has 29 heavy (non-hydrogen) atoms. The number of nitrogens with one attached hydrogen (secondary N) is 2. The summed E-state index contributed by atoms with van der Waals surface area (Å²) in [6.07, 6.45) is -3.07. The van der Waals surface area contributed by atoms with Gasteiger partial charge in [0, 0.05) is 16.6 Å². The largest absolute Gasteiger partial charge is 0.417 e. The van der Waals surface area contributed by atoms with Crippen molar-refractivity contribution in [2.45, 2.75) is 6.18 Å². The third-order valence-corrected chi connectivity index (χ3v) is 4.91. The Morgan fingerprint density at radius 3 is 2.59 bits per heavy atom. The summed E-state index contributed by atoms with van der Waals surface area (Å²) in [5, 5.41) is 12.7. The van der Waals surface area contributed by atoms with Crippen molar-refractivity contribution in [3.05, 3.63) is 63.9 Å². The van der Waals surface area contributed by atoms with Crippen molar-refractivity contribution in [1.82, 2.24) is 14.6 Å². The number of aromatic nitrogens is 3. The molecule has 0 unspecified atom stereocenters. The summed E-state index contributed by atoms with van der Waals surface area (Å²) in [4.78, 5) is 16.6. The summed E-state index contributed by atoms with van der Waals surface area (Å²) in [6, 6.07) is 7.60. The Morgan fingerprint density at radius 1 is 1.10 bits per heavy atom. The van der Waals surface area contributed by atoms with Gasteiger partial charge in [0.1, 0.15) is 0 Å². The van der Waals surface area contributed by atoms with Gasteiger partial charge < -0.3 is 10.6 Å². The van der Waals surface area contributed by atoms with E-state index in [1.54, 1.807) is 18.3 Å². The van der Waals surface area contributed by atoms with Gasteiger partial charge in [-0.3, -0.25) is 0 Å². The van der Waals surface area contributed by atoms with E-state index in [0.717, 1.165) is 17.7 Å². The predicted octanol–water partition coefficient (Wildman–Crippen LogP) is 5.77. The molecule has 3 aromatic heterocycles. The van der Waals surface area contributed by atoms with Gasteiger partial charge in [-0.05, 0) is 41.8 Å². The number of halogens is 4. The summed E-state index contributed by atoms with van der Waals surface area (Å²) in [6.45, 7) is 0. The number of urea groups is 1. The number of alkyl halides is 3. The van der Waals surface area contributed by atoms with E-state index in [0.29, 0.717) is 17.2 Å². The third-order valence-electron chi connectivity index (χ3n) is 3.90. The standard InChI is InChI=1S/C18H11ClF3N5OS/c19-14-3-1-11(7-13(14)18(20,21)22)23-17(28)24-12-2-4-15-25-16(26-27(15)8-12)10-5-6-29-9-10/h1-9H,(H2,23,24,28). The van der Waals surface area contributed by atoms with Gasteiger partial charge in [-0.1, -0.05) is 11.6 Å². The number of nitrogens with zero attached hydrogens (tertiary/aromatic N) is 3. The molecule has 0 atom stereocenters. The number of fused-ring (bicyclic) bond motifs is 1. The van der Waals surface area contributed by atoms with Crippen LogP contribution in [0.5, 0.6) is 0 Å². The van der Waals surface area contributed by atoms with Gasteiger partial charge in [0.25, 0.3) is 0 Å². The SMILES string of the molecule is O=C(Nc1ccc(Cl)c(C(F)(F)F)c1)Nc1ccc2nc(-c3ccsc3)nn2c1. The minimum Gasteiger partial charge on any atom is -0.308 e. The van der Waals surface area contributed by atoms with Crippen LogP contribution in [0.2, 0.25) is 5.02 Å². The van der Waals surface area contributed by atoms with E-state index < -0.39 is 22.8 Å². The van der Waals surface area contributed by atoms with Crippen molar-refractivity contribution in [2.75, 3.05) is 10.6 Å². The number of carbonyl (C=O) groups is 1. The van der Waals surface area contributed by atoms with Crippen molar-refractivity contribution in [3.63, 3.8) is 0 Å². The molecule has 6 nitrogen and oxygen atoms in total. The number of anilines is 2. The monoisotopic (exact) mass is 437 g/mol. The predicted molar refractivity (Wildman–Crippen MR) is 105 cm³/mol. The van der Waals surface area contributed by atoms with Crippen molar-refractivity contribution >= 4 is 46.0 Å². The summed E-state index contributed by atoms with van der Waals surface area (Å²) in [7, 11) is 0. The number of benzene rings is 1. The molecule has 148 valence electrons. The first-order chi connectivity index (χ1) is 13.8. The first-order valence-corrected chi connectivity index (χ1v) is 9.45. The maximum atomic E-state index is 12.9. The van der Waals surface area contributed by atoms with Gasteiger partial charge in [0.05, 0.1) is 22.5 Å². The Morgan fingerprint density at radius 2 is 1.86 bits per heavy atom. The number of amides is 2. The van der Waals surface area contributed by atoms with Crippen LogP contribution in [-0.2, 0) is 6.18 Å². The molecule has 0 spiro atoms. The maximum absolute atomic E-state index is 12.9.